The Hall–Kier alpha value is -1.43. The molecule has 0 radical (unpaired) electrons. The van der Waals surface area contributed by atoms with Crippen molar-refractivity contribution in [3.05, 3.63) is 35.9 Å². The van der Waals surface area contributed by atoms with Crippen LogP contribution in [0.4, 0.5) is 0 Å². The van der Waals surface area contributed by atoms with E-state index in [0.29, 0.717) is 6.54 Å². The van der Waals surface area contributed by atoms with Crippen molar-refractivity contribution in [3.63, 3.8) is 0 Å². The minimum atomic E-state index is 0.102. The van der Waals surface area contributed by atoms with Crippen LogP contribution in [0.2, 0.25) is 0 Å². The van der Waals surface area contributed by atoms with Gasteiger partial charge in [-0.3, -0.25) is 9.69 Å². The van der Waals surface area contributed by atoms with Crippen LogP contribution in [-0.4, -0.2) is 67.3 Å². The molecule has 2 fully saturated rings. The molecular formula is C22H34N2O3. The smallest absolute Gasteiger partial charge is 0.249 e. The summed E-state index contributed by atoms with van der Waals surface area (Å²) in [5.41, 5.74) is 1.16. The number of hydrogen-bond donors (Lipinski definition) is 0. The first-order valence-electron chi connectivity index (χ1n) is 10.5. The Morgan fingerprint density at radius 3 is 2.59 bits per heavy atom. The number of nitrogens with zero attached hydrogens (tertiary/aromatic N) is 2. The zero-order valence-corrected chi connectivity index (χ0v) is 16.6. The minimum Gasteiger partial charge on any atom is -0.379 e. The number of hydrogen-bond acceptors (Lipinski definition) is 4. The molecule has 1 aromatic carbocycles. The lowest BCUT2D eigenvalue weighted by Crippen LogP contribution is -2.49. The van der Waals surface area contributed by atoms with Crippen LogP contribution in [0.3, 0.4) is 0 Å². The van der Waals surface area contributed by atoms with Gasteiger partial charge in [-0.25, -0.2) is 0 Å². The molecule has 1 unspecified atom stereocenters. The topological polar surface area (TPSA) is 42.0 Å². The molecular weight excluding hydrogens is 340 g/mol. The van der Waals surface area contributed by atoms with Gasteiger partial charge in [0.2, 0.25) is 5.91 Å². The van der Waals surface area contributed by atoms with E-state index in [-0.39, 0.29) is 24.7 Å². The zero-order chi connectivity index (χ0) is 18.9. The highest BCUT2D eigenvalue weighted by molar-refractivity contribution is 5.77. The van der Waals surface area contributed by atoms with Gasteiger partial charge in [0.25, 0.3) is 0 Å². The molecule has 0 spiro atoms. The molecule has 1 amide bonds. The molecule has 1 aromatic rings. The molecule has 0 bridgehead atoms. The van der Waals surface area contributed by atoms with E-state index < -0.39 is 0 Å². The predicted molar refractivity (Wildman–Crippen MR) is 107 cm³/mol. The maximum atomic E-state index is 13.0. The van der Waals surface area contributed by atoms with Crippen LogP contribution in [0.15, 0.2) is 30.3 Å². The summed E-state index contributed by atoms with van der Waals surface area (Å²) in [4.78, 5) is 17.4. The molecule has 0 aromatic heterocycles. The average molecular weight is 375 g/mol. The quantitative estimate of drug-likeness (QED) is 0.701. The first-order chi connectivity index (χ1) is 13.2. The maximum absolute atomic E-state index is 13.0. The highest BCUT2D eigenvalue weighted by atomic mass is 16.5. The lowest BCUT2D eigenvalue weighted by Gasteiger charge is -2.35. The summed E-state index contributed by atoms with van der Waals surface area (Å²) in [6, 6.07) is 10.4. The van der Waals surface area contributed by atoms with E-state index in [1.807, 2.05) is 23.1 Å². The Kier molecular flexibility index (Phi) is 8.11. The molecule has 1 saturated heterocycles. The van der Waals surface area contributed by atoms with Gasteiger partial charge < -0.3 is 14.4 Å². The Morgan fingerprint density at radius 2 is 1.89 bits per heavy atom. The fraction of sp³-hybridized carbons (Fsp3) is 0.682. The van der Waals surface area contributed by atoms with Crippen LogP contribution >= 0.6 is 0 Å². The fourth-order valence-corrected chi connectivity index (χ4v) is 4.03. The van der Waals surface area contributed by atoms with Crippen LogP contribution in [0, 0.1) is 0 Å². The summed E-state index contributed by atoms with van der Waals surface area (Å²) in [6.07, 6.45) is 6.19. The van der Waals surface area contributed by atoms with Crippen LogP contribution in [0.25, 0.3) is 0 Å². The molecule has 0 N–H and O–H groups in total. The lowest BCUT2D eigenvalue weighted by molar-refractivity contribution is -0.142. The van der Waals surface area contributed by atoms with Crippen molar-refractivity contribution in [1.82, 2.24) is 9.80 Å². The molecule has 1 aliphatic heterocycles. The van der Waals surface area contributed by atoms with Gasteiger partial charge in [0, 0.05) is 32.2 Å². The Balaban J connectivity index is 1.59. The highest BCUT2D eigenvalue weighted by Gasteiger charge is 2.25. The number of carbonyl (C=O) groups excluding carboxylic acids is 1. The van der Waals surface area contributed by atoms with E-state index in [1.165, 1.54) is 19.3 Å². The minimum absolute atomic E-state index is 0.102. The number of ether oxygens (including phenoxy) is 2. The molecule has 3 rings (SSSR count). The van der Waals surface area contributed by atoms with E-state index in [9.17, 15) is 4.79 Å². The SMILES string of the molecule is CC(CN1CCOCC1)N(Cc1ccccc1)C(=O)COC1CCCCC1. The number of amides is 1. The second kappa shape index (κ2) is 10.8. The predicted octanol–water partition coefficient (Wildman–Crippen LogP) is 3.09. The molecule has 2 aliphatic rings. The van der Waals surface area contributed by atoms with Gasteiger partial charge in [0.1, 0.15) is 6.61 Å². The summed E-state index contributed by atoms with van der Waals surface area (Å²) in [5.74, 6) is 0.102. The van der Waals surface area contributed by atoms with Crippen molar-refractivity contribution < 1.29 is 14.3 Å². The molecule has 1 saturated carbocycles. The van der Waals surface area contributed by atoms with Crippen LogP contribution < -0.4 is 0 Å². The van der Waals surface area contributed by atoms with Crippen molar-refractivity contribution in [1.29, 1.82) is 0 Å². The second-order valence-electron chi connectivity index (χ2n) is 7.84. The summed E-state index contributed by atoms with van der Waals surface area (Å²) in [6.45, 7) is 7.31. The van der Waals surface area contributed by atoms with Gasteiger partial charge in [0.15, 0.2) is 0 Å². The highest BCUT2D eigenvalue weighted by Crippen LogP contribution is 2.20. The third kappa shape index (κ3) is 6.59. The third-order valence-electron chi connectivity index (χ3n) is 5.67. The standard InChI is InChI=1S/C22H34N2O3/c1-19(16-23-12-14-26-15-13-23)24(17-20-8-4-2-5-9-20)22(25)18-27-21-10-6-3-7-11-21/h2,4-5,8-9,19,21H,3,6-7,10-18H2,1H3. The Bertz CT molecular complexity index is 554. The van der Waals surface area contributed by atoms with E-state index in [1.54, 1.807) is 0 Å². The van der Waals surface area contributed by atoms with E-state index in [4.69, 9.17) is 9.47 Å². The van der Waals surface area contributed by atoms with Crippen LogP contribution in [0.1, 0.15) is 44.6 Å². The van der Waals surface area contributed by atoms with Gasteiger partial charge in [-0.05, 0) is 25.3 Å². The summed E-state index contributed by atoms with van der Waals surface area (Å²) in [5, 5.41) is 0. The molecule has 5 nitrogen and oxygen atoms in total. The second-order valence-corrected chi connectivity index (χ2v) is 7.84. The van der Waals surface area contributed by atoms with Crippen LogP contribution in [0.5, 0.6) is 0 Å². The molecule has 5 heteroatoms. The third-order valence-corrected chi connectivity index (χ3v) is 5.67. The van der Waals surface area contributed by atoms with Crippen molar-refractivity contribution in [2.75, 3.05) is 39.5 Å². The van der Waals surface area contributed by atoms with Gasteiger partial charge in [-0.15, -0.1) is 0 Å². The summed E-state index contributed by atoms with van der Waals surface area (Å²) in [7, 11) is 0. The summed E-state index contributed by atoms with van der Waals surface area (Å²) >= 11 is 0. The maximum Gasteiger partial charge on any atom is 0.249 e. The lowest BCUT2D eigenvalue weighted by atomic mass is 9.98. The van der Waals surface area contributed by atoms with E-state index in [2.05, 4.69) is 24.0 Å². The van der Waals surface area contributed by atoms with E-state index in [0.717, 1.165) is 51.3 Å². The zero-order valence-electron chi connectivity index (χ0n) is 16.6. The van der Waals surface area contributed by atoms with Crippen molar-refractivity contribution in [3.8, 4) is 0 Å². The number of benzene rings is 1. The van der Waals surface area contributed by atoms with Gasteiger partial charge in [-0.2, -0.15) is 0 Å². The molecule has 1 aliphatic carbocycles. The largest absolute Gasteiger partial charge is 0.379 e. The van der Waals surface area contributed by atoms with Crippen molar-refractivity contribution in [2.24, 2.45) is 0 Å². The number of carbonyl (C=O) groups is 1. The molecule has 1 atom stereocenters. The van der Waals surface area contributed by atoms with Crippen molar-refractivity contribution >= 4 is 5.91 Å². The fourth-order valence-electron chi connectivity index (χ4n) is 4.03. The first kappa shape index (κ1) is 20.3. The monoisotopic (exact) mass is 374 g/mol. The number of morpholine rings is 1. The number of rotatable bonds is 8. The normalized spacial score (nSPS) is 20.3. The van der Waals surface area contributed by atoms with Gasteiger partial charge >= 0.3 is 0 Å². The van der Waals surface area contributed by atoms with Crippen LogP contribution in [-0.2, 0) is 20.8 Å². The molecule has 27 heavy (non-hydrogen) atoms. The van der Waals surface area contributed by atoms with Gasteiger partial charge in [-0.1, -0.05) is 49.6 Å². The molecule has 150 valence electrons. The van der Waals surface area contributed by atoms with E-state index >= 15 is 0 Å². The van der Waals surface area contributed by atoms with Gasteiger partial charge in [0.05, 0.1) is 19.3 Å². The molecule has 1 heterocycles. The first-order valence-corrected chi connectivity index (χ1v) is 10.5. The Labute approximate surface area is 163 Å². The Morgan fingerprint density at radius 1 is 1.19 bits per heavy atom. The summed E-state index contributed by atoms with van der Waals surface area (Å²) < 4.78 is 11.4. The van der Waals surface area contributed by atoms with Crippen molar-refractivity contribution in [2.45, 2.75) is 57.7 Å². The average Bonchev–Trinajstić information content (AvgIpc) is 2.72.